The average molecular weight is 289 g/mol. The molecule has 1 aromatic heterocycles. The molecule has 0 bridgehead atoms. The molecule has 0 aromatic carbocycles. The highest BCUT2D eigenvalue weighted by atomic mass is 32.2. The zero-order valence-corrected chi connectivity index (χ0v) is 12.1. The van der Waals surface area contributed by atoms with Crippen LogP contribution in [0.15, 0.2) is 6.20 Å². The molecule has 6 heteroatoms. The van der Waals surface area contributed by atoms with Gasteiger partial charge in [-0.3, -0.25) is 0 Å². The number of sulfone groups is 1. The summed E-state index contributed by atoms with van der Waals surface area (Å²) in [5.41, 5.74) is 0. The van der Waals surface area contributed by atoms with Crippen molar-refractivity contribution in [3.63, 3.8) is 0 Å². The van der Waals surface area contributed by atoms with E-state index in [9.17, 15) is 13.5 Å². The SMILES string of the molecule is CC(O)Cc1cnc(CC2CCCS(=O)(=O)C2)s1. The van der Waals surface area contributed by atoms with Crippen molar-refractivity contribution in [1.29, 1.82) is 0 Å². The number of hydrogen-bond acceptors (Lipinski definition) is 5. The fourth-order valence-electron chi connectivity index (χ4n) is 2.35. The molecule has 0 spiro atoms. The minimum atomic E-state index is -2.83. The summed E-state index contributed by atoms with van der Waals surface area (Å²) < 4.78 is 23.1. The molecule has 2 heterocycles. The van der Waals surface area contributed by atoms with Crippen LogP contribution in [-0.4, -0.2) is 36.1 Å². The van der Waals surface area contributed by atoms with Gasteiger partial charge in [0.2, 0.25) is 0 Å². The smallest absolute Gasteiger partial charge is 0.150 e. The van der Waals surface area contributed by atoms with Crippen molar-refractivity contribution in [1.82, 2.24) is 4.98 Å². The van der Waals surface area contributed by atoms with Gasteiger partial charge in [0, 0.05) is 23.9 Å². The number of thiazole rings is 1. The minimum absolute atomic E-state index is 0.217. The lowest BCUT2D eigenvalue weighted by atomic mass is 10.0. The van der Waals surface area contributed by atoms with E-state index in [0.29, 0.717) is 17.9 Å². The van der Waals surface area contributed by atoms with Gasteiger partial charge in [0.25, 0.3) is 0 Å². The predicted molar refractivity (Wildman–Crippen MR) is 72.6 cm³/mol. The molecule has 1 saturated heterocycles. The summed E-state index contributed by atoms with van der Waals surface area (Å²) in [6.45, 7) is 1.76. The monoisotopic (exact) mass is 289 g/mol. The van der Waals surface area contributed by atoms with E-state index in [-0.39, 0.29) is 12.0 Å². The third-order valence-corrected chi connectivity index (χ3v) is 6.05. The number of aliphatic hydroxyl groups is 1. The van der Waals surface area contributed by atoms with Gasteiger partial charge in [0.05, 0.1) is 22.6 Å². The van der Waals surface area contributed by atoms with Crippen molar-refractivity contribution in [2.24, 2.45) is 5.92 Å². The summed E-state index contributed by atoms with van der Waals surface area (Å²) in [5.74, 6) is 0.863. The first-order valence-electron chi connectivity index (χ1n) is 6.27. The fraction of sp³-hybridized carbons (Fsp3) is 0.750. The summed E-state index contributed by atoms with van der Waals surface area (Å²) in [7, 11) is -2.83. The van der Waals surface area contributed by atoms with E-state index >= 15 is 0 Å². The van der Waals surface area contributed by atoms with E-state index in [1.54, 1.807) is 24.5 Å². The Balaban J connectivity index is 1.95. The molecule has 0 radical (unpaired) electrons. The summed E-state index contributed by atoms with van der Waals surface area (Å²) in [5, 5.41) is 10.3. The molecule has 2 atom stereocenters. The molecule has 18 heavy (non-hydrogen) atoms. The number of aromatic nitrogens is 1. The molecule has 2 unspecified atom stereocenters. The highest BCUT2D eigenvalue weighted by molar-refractivity contribution is 7.91. The Kier molecular flexibility index (Phi) is 4.40. The number of nitrogens with zero attached hydrogens (tertiary/aromatic N) is 1. The van der Waals surface area contributed by atoms with E-state index in [1.165, 1.54) is 0 Å². The van der Waals surface area contributed by atoms with Crippen molar-refractivity contribution in [2.45, 2.75) is 38.7 Å². The van der Waals surface area contributed by atoms with Crippen LogP contribution in [-0.2, 0) is 22.7 Å². The largest absolute Gasteiger partial charge is 0.393 e. The normalized spacial score (nSPS) is 24.9. The second-order valence-corrected chi connectivity index (χ2v) is 8.53. The van der Waals surface area contributed by atoms with Crippen LogP contribution in [0.4, 0.5) is 0 Å². The first-order chi connectivity index (χ1) is 8.44. The lowest BCUT2D eigenvalue weighted by molar-refractivity contribution is 0.196. The van der Waals surface area contributed by atoms with Crippen molar-refractivity contribution >= 4 is 21.2 Å². The summed E-state index contributed by atoms with van der Waals surface area (Å²) in [4.78, 5) is 5.39. The van der Waals surface area contributed by atoms with Crippen molar-refractivity contribution in [3.8, 4) is 0 Å². The molecule has 0 saturated carbocycles. The molecule has 4 nitrogen and oxygen atoms in total. The summed E-state index contributed by atoms with van der Waals surface area (Å²) in [6.07, 6.45) is 4.58. The van der Waals surface area contributed by atoms with E-state index in [1.807, 2.05) is 0 Å². The van der Waals surface area contributed by atoms with Crippen LogP contribution in [0.3, 0.4) is 0 Å². The van der Waals surface area contributed by atoms with E-state index in [2.05, 4.69) is 4.98 Å². The van der Waals surface area contributed by atoms with Gasteiger partial charge in [0.1, 0.15) is 0 Å². The van der Waals surface area contributed by atoms with Crippen LogP contribution in [0.25, 0.3) is 0 Å². The Hall–Kier alpha value is -0.460. The van der Waals surface area contributed by atoms with Gasteiger partial charge in [-0.05, 0) is 25.7 Å². The molecule has 1 aliphatic rings. The maximum absolute atomic E-state index is 11.6. The van der Waals surface area contributed by atoms with E-state index < -0.39 is 9.84 Å². The molecule has 1 fully saturated rings. The molecule has 1 aliphatic heterocycles. The second-order valence-electron chi connectivity index (χ2n) is 5.10. The van der Waals surface area contributed by atoms with Crippen LogP contribution < -0.4 is 0 Å². The summed E-state index contributed by atoms with van der Waals surface area (Å²) in [6, 6.07) is 0. The summed E-state index contributed by atoms with van der Waals surface area (Å²) >= 11 is 1.59. The van der Waals surface area contributed by atoms with Gasteiger partial charge in [-0.2, -0.15) is 0 Å². The first kappa shape index (κ1) is 14.0. The van der Waals surface area contributed by atoms with Gasteiger partial charge < -0.3 is 5.11 Å². The Morgan fingerprint density at radius 2 is 2.39 bits per heavy atom. The van der Waals surface area contributed by atoms with Crippen LogP contribution in [0.5, 0.6) is 0 Å². The van der Waals surface area contributed by atoms with Gasteiger partial charge in [0.15, 0.2) is 9.84 Å². The molecule has 1 aromatic rings. The van der Waals surface area contributed by atoms with Gasteiger partial charge >= 0.3 is 0 Å². The zero-order chi connectivity index (χ0) is 13.2. The third-order valence-electron chi connectivity index (χ3n) is 3.12. The quantitative estimate of drug-likeness (QED) is 0.910. The lowest BCUT2D eigenvalue weighted by Gasteiger charge is -2.20. The lowest BCUT2D eigenvalue weighted by Crippen LogP contribution is -2.26. The fourth-order valence-corrected chi connectivity index (χ4v) is 5.29. The van der Waals surface area contributed by atoms with Crippen LogP contribution in [0, 0.1) is 5.92 Å². The molecular weight excluding hydrogens is 270 g/mol. The van der Waals surface area contributed by atoms with Crippen LogP contribution >= 0.6 is 11.3 Å². The van der Waals surface area contributed by atoms with E-state index in [4.69, 9.17) is 0 Å². The van der Waals surface area contributed by atoms with E-state index in [0.717, 1.165) is 29.1 Å². The maximum Gasteiger partial charge on any atom is 0.150 e. The maximum atomic E-state index is 11.6. The standard InChI is InChI=1S/C12H19NO3S2/c1-9(14)5-11-7-13-12(17-11)6-10-3-2-4-18(15,16)8-10/h7,9-10,14H,2-6,8H2,1H3. The van der Waals surface area contributed by atoms with Crippen molar-refractivity contribution < 1.29 is 13.5 Å². The van der Waals surface area contributed by atoms with Gasteiger partial charge in [-0.15, -0.1) is 11.3 Å². The molecular formula is C12H19NO3S2. The van der Waals surface area contributed by atoms with Gasteiger partial charge in [-0.25, -0.2) is 13.4 Å². The topological polar surface area (TPSA) is 67.3 Å². The first-order valence-corrected chi connectivity index (χ1v) is 8.90. The molecule has 102 valence electrons. The average Bonchev–Trinajstić information content (AvgIpc) is 2.62. The molecule has 2 rings (SSSR count). The molecule has 0 amide bonds. The van der Waals surface area contributed by atoms with Crippen molar-refractivity contribution in [3.05, 3.63) is 16.1 Å². The molecule has 0 aliphatic carbocycles. The number of hydrogen-bond donors (Lipinski definition) is 1. The molecule has 1 N–H and O–H groups in total. The highest BCUT2D eigenvalue weighted by Crippen LogP contribution is 2.25. The van der Waals surface area contributed by atoms with Crippen LogP contribution in [0.2, 0.25) is 0 Å². The van der Waals surface area contributed by atoms with Crippen LogP contribution in [0.1, 0.15) is 29.7 Å². The Morgan fingerprint density at radius 3 is 3.06 bits per heavy atom. The Labute approximate surface area is 112 Å². The second kappa shape index (κ2) is 5.67. The zero-order valence-electron chi connectivity index (χ0n) is 10.5. The minimum Gasteiger partial charge on any atom is -0.393 e. The predicted octanol–water partition coefficient (Wildman–Crippen LogP) is 1.43. The number of aliphatic hydroxyl groups excluding tert-OH is 1. The van der Waals surface area contributed by atoms with Crippen molar-refractivity contribution in [2.75, 3.05) is 11.5 Å². The van der Waals surface area contributed by atoms with Gasteiger partial charge in [-0.1, -0.05) is 0 Å². The third kappa shape index (κ3) is 4.03. The number of rotatable bonds is 4. The highest BCUT2D eigenvalue weighted by Gasteiger charge is 2.25. The Bertz CT molecular complexity index is 493. The Morgan fingerprint density at radius 1 is 1.61 bits per heavy atom.